The van der Waals surface area contributed by atoms with Gasteiger partial charge >= 0.3 is 0 Å². The molecule has 0 amide bonds. The maximum Gasteiger partial charge on any atom is 0.272 e. The number of benzene rings is 2. The average molecular weight is 424 g/mol. The first-order chi connectivity index (χ1) is 14.4. The van der Waals surface area contributed by atoms with Gasteiger partial charge in [-0.1, -0.05) is 24.3 Å². The Morgan fingerprint density at radius 2 is 1.37 bits per heavy atom. The first-order valence-corrected chi connectivity index (χ1v) is 10.5. The summed E-state index contributed by atoms with van der Waals surface area (Å²) in [6.45, 7) is 1.01. The molecule has 0 radical (unpaired) electrons. The summed E-state index contributed by atoms with van der Waals surface area (Å²) in [4.78, 5) is 33.5. The van der Waals surface area contributed by atoms with E-state index in [-0.39, 0.29) is 21.8 Å². The average Bonchev–Trinajstić information content (AvgIpc) is 2.73. The molecule has 0 unspecified atom stereocenters. The fourth-order valence-electron chi connectivity index (χ4n) is 2.74. The van der Waals surface area contributed by atoms with Crippen molar-refractivity contribution in [2.24, 2.45) is 0 Å². The van der Waals surface area contributed by atoms with Gasteiger partial charge in [-0.15, -0.1) is 11.8 Å². The molecule has 0 aliphatic heterocycles. The second-order valence-corrected chi connectivity index (χ2v) is 8.19. The number of aromatic nitrogens is 2. The highest BCUT2D eigenvalue weighted by atomic mass is 32.2. The van der Waals surface area contributed by atoms with Crippen LogP contribution in [0.5, 0.6) is 5.75 Å². The topological polar surface area (TPSA) is 78.2 Å². The van der Waals surface area contributed by atoms with Crippen molar-refractivity contribution < 1.29 is 4.74 Å². The van der Waals surface area contributed by atoms with Gasteiger partial charge < -0.3 is 19.6 Å². The highest BCUT2D eigenvalue weighted by Crippen LogP contribution is 2.18. The largest absolute Gasteiger partial charge is 0.497 e. The SMILES string of the molecule is COc1ccc(/C=c2\[nH]c(=O)/c(=C/c3ccc(SCCN(C)C)cc3)[nH]c2=O)cc1. The molecule has 0 bridgehead atoms. The van der Waals surface area contributed by atoms with Crippen LogP contribution in [0.1, 0.15) is 11.1 Å². The van der Waals surface area contributed by atoms with Crippen LogP contribution in [0.3, 0.4) is 0 Å². The van der Waals surface area contributed by atoms with E-state index in [1.54, 1.807) is 43.2 Å². The Bertz CT molecular complexity index is 1210. The van der Waals surface area contributed by atoms with Crippen molar-refractivity contribution in [3.05, 3.63) is 91.1 Å². The van der Waals surface area contributed by atoms with E-state index in [1.807, 2.05) is 36.4 Å². The lowest BCUT2D eigenvalue weighted by atomic mass is 10.2. The number of hydrogen-bond acceptors (Lipinski definition) is 5. The molecule has 2 N–H and O–H groups in total. The summed E-state index contributed by atoms with van der Waals surface area (Å²) < 4.78 is 5.12. The van der Waals surface area contributed by atoms with Gasteiger partial charge in [-0.05, 0) is 61.6 Å². The van der Waals surface area contributed by atoms with Crippen LogP contribution in [0.25, 0.3) is 12.2 Å². The maximum absolute atomic E-state index is 12.5. The smallest absolute Gasteiger partial charge is 0.272 e. The maximum atomic E-state index is 12.5. The Hall–Kier alpha value is -3.03. The van der Waals surface area contributed by atoms with E-state index < -0.39 is 0 Å². The Morgan fingerprint density at radius 1 is 0.867 bits per heavy atom. The van der Waals surface area contributed by atoms with E-state index >= 15 is 0 Å². The Kier molecular flexibility index (Phi) is 7.32. The molecule has 2 aromatic carbocycles. The minimum atomic E-state index is -0.354. The molecule has 0 aliphatic rings. The summed E-state index contributed by atoms with van der Waals surface area (Å²) in [7, 11) is 5.70. The predicted octanol–water partition coefficient (Wildman–Crippen LogP) is 1.38. The van der Waals surface area contributed by atoms with Crippen molar-refractivity contribution in [1.82, 2.24) is 14.9 Å². The molecule has 3 rings (SSSR count). The predicted molar refractivity (Wildman–Crippen MR) is 123 cm³/mol. The lowest BCUT2D eigenvalue weighted by Crippen LogP contribution is -2.46. The summed E-state index contributed by atoms with van der Waals surface area (Å²) >= 11 is 1.78. The van der Waals surface area contributed by atoms with Gasteiger partial charge in [0.2, 0.25) is 0 Å². The zero-order chi connectivity index (χ0) is 21.5. The standard InChI is InChI=1S/C23H25N3O3S/c1-26(2)12-13-30-19-10-6-17(7-11-19)15-21-23(28)24-20(22(27)25-21)14-16-4-8-18(29-3)9-5-16/h4-11,14-15H,12-13H2,1-3H3,(H,24,28)(H,25,27)/b20-14-,21-15-. The highest BCUT2D eigenvalue weighted by molar-refractivity contribution is 7.99. The number of rotatable bonds is 7. The third kappa shape index (κ3) is 5.98. The molecule has 156 valence electrons. The third-order valence-electron chi connectivity index (χ3n) is 4.41. The summed E-state index contributed by atoms with van der Waals surface area (Å²) in [5, 5.41) is 0.426. The van der Waals surface area contributed by atoms with Crippen molar-refractivity contribution >= 4 is 23.9 Å². The van der Waals surface area contributed by atoms with E-state index in [0.717, 1.165) is 29.2 Å². The fraction of sp³-hybridized carbons (Fsp3) is 0.217. The first kappa shape index (κ1) is 21.7. The Balaban J connectivity index is 1.84. The Labute approximate surface area is 178 Å². The molecular weight excluding hydrogens is 398 g/mol. The van der Waals surface area contributed by atoms with Gasteiger partial charge in [0, 0.05) is 17.2 Å². The Morgan fingerprint density at radius 3 is 1.83 bits per heavy atom. The van der Waals surface area contributed by atoms with Gasteiger partial charge in [-0.25, -0.2) is 0 Å². The summed E-state index contributed by atoms with van der Waals surface area (Å²) in [5.74, 6) is 1.73. The molecule has 0 fully saturated rings. The molecule has 1 heterocycles. The third-order valence-corrected chi connectivity index (χ3v) is 5.40. The van der Waals surface area contributed by atoms with Crippen LogP contribution in [-0.2, 0) is 0 Å². The normalized spacial score (nSPS) is 12.5. The zero-order valence-corrected chi connectivity index (χ0v) is 18.1. The van der Waals surface area contributed by atoms with Crippen molar-refractivity contribution in [2.75, 3.05) is 33.5 Å². The zero-order valence-electron chi connectivity index (χ0n) is 17.3. The quantitative estimate of drug-likeness (QED) is 0.562. The molecule has 0 saturated carbocycles. The van der Waals surface area contributed by atoms with Crippen LogP contribution in [0, 0.1) is 0 Å². The van der Waals surface area contributed by atoms with Gasteiger partial charge in [0.1, 0.15) is 16.4 Å². The molecule has 0 aliphatic carbocycles. The molecule has 30 heavy (non-hydrogen) atoms. The van der Waals surface area contributed by atoms with E-state index in [2.05, 4.69) is 29.0 Å². The monoisotopic (exact) mass is 423 g/mol. The van der Waals surface area contributed by atoms with Gasteiger partial charge in [0.25, 0.3) is 11.1 Å². The van der Waals surface area contributed by atoms with Crippen LogP contribution >= 0.6 is 11.8 Å². The van der Waals surface area contributed by atoms with E-state index in [1.165, 1.54) is 4.90 Å². The van der Waals surface area contributed by atoms with Crippen molar-refractivity contribution in [3.8, 4) is 5.75 Å². The number of nitrogens with one attached hydrogen (secondary N) is 2. The molecule has 6 nitrogen and oxygen atoms in total. The first-order valence-electron chi connectivity index (χ1n) is 9.52. The van der Waals surface area contributed by atoms with E-state index in [0.29, 0.717) is 0 Å². The van der Waals surface area contributed by atoms with Crippen molar-refractivity contribution in [3.63, 3.8) is 0 Å². The van der Waals surface area contributed by atoms with Crippen LogP contribution in [-0.4, -0.2) is 48.4 Å². The van der Waals surface area contributed by atoms with Crippen molar-refractivity contribution in [2.45, 2.75) is 4.90 Å². The molecule has 0 spiro atoms. The van der Waals surface area contributed by atoms with E-state index in [9.17, 15) is 9.59 Å². The molecule has 3 aromatic rings. The molecule has 7 heteroatoms. The number of methoxy groups -OCH3 is 1. The van der Waals surface area contributed by atoms with Gasteiger partial charge in [0.15, 0.2) is 0 Å². The van der Waals surface area contributed by atoms with Gasteiger partial charge in [-0.3, -0.25) is 9.59 Å². The van der Waals surface area contributed by atoms with E-state index in [4.69, 9.17) is 4.74 Å². The molecule has 1 aromatic heterocycles. The van der Waals surface area contributed by atoms with Gasteiger partial charge in [0.05, 0.1) is 7.11 Å². The molecular formula is C23H25N3O3S. The second kappa shape index (κ2) is 10.1. The second-order valence-electron chi connectivity index (χ2n) is 7.02. The number of H-pyrrole nitrogens is 2. The molecule has 0 saturated heterocycles. The van der Waals surface area contributed by atoms with Crippen LogP contribution in [0.2, 0.25) is 0 Å². The fourth-order valence-corrected chi connectivity index (χ4v) is 3.76. The summed E-state index contributed by atoms with van der Waals surface area (Å²) in [6.07, 6.45) is 3.30. The minimum absolute atomic E-state index is 0.204. The number of aromatic amines is 2. The summed E-state index contributed by atoms with van der Waals surface area (Å²) in [5.41, 5.74) is 0.933. The van der Waals surface area contributed by atoms with Crippen LogP contribution < -0.4 is 26.6 Å². The minimum Gasteiger partial charge on any atom is -0.497 e. The van der Waals surface area contributed by atoms with Crippen molar-refractivity contribution in [1.29, 1.82) is 0 Å². The number of nitrogens with zero attached hydrogens (tertiary/aromatic N) is 1. The number of hydrogen-bond donors (Lipinski definition) is 2. The lowest BCUT2D eigenvalue weighted by molar-refractivity contribution is 0.415. The van der Waals surface area contributed by atoms with Gasteiger partial charge in [-0.2, -0.15) is 0 Å². The lowest BCUT2D eigenvalue weighted by Gasteiger charge is -2.08. The highest BCUT2D eigenvalue weighted by Gasteiger charge is 1.99. The van der Waals surface area contributed by atoms with Crippen LogP contribution in [0.15, 0.2) is 63.0 Å². The number of thioether (sulfide) groups is 1. The summed E-state index contributed by atoms with van der Waals surface area (Å²) in [6, 6.07) is 15.1. The number of ether oxygens (including phenoxy) is 1. The van der Waals surface area contributed by atoms with Crippen LogP contribution in [0.4, 0.5) is 0 Å². The molecule has 0 atom stereocenters.